The van der Waals surface area contributed by atoms with E-state index in [1.165, 1.54) is 18.4 Å². The van der Waals surface area contributed by atoms with Gasteiger partial charge in [0.1, 0.15) is 11.5 Å². The van der Waals surface area contributed by atoms with Crippen molar-refractivity contribution >= 4 is 0 Å². The van der Waals surface area contributed by atoms with Crippen LogP contribution in [-0.2, 0) is 6.54 Å². The van der Waals surface area contributed by atoms with Crippen LogP contribution in [0.25, 0.3) is 0 Å². The predicted molar refractivity (Wildman–Crippen MR) is 89.2 cm³/mol. The van der Waals surface area contributed by atoms with Gasteiger partial charge in [0.2, 0.25) is 0 Å². The van der Waals surface area contributed by atoms with E-state index in [0.29, 0.717) is 0 Å². The third-order valence-corrected chi connectivity index (χ3v) is 3.33. The number of allylic oxidation sites excluding steroid dienone is 1. The van der Waals surface area contributed by atoms with Crippen LogP contribution in [0.5, 0.6) is 11.5 Å². The van der Waals surface area contributed by atoms with Crippen molar-refractivity contribution in [2.75, 3.05) is 20.3 Å². The second kappa shape index (κ2) is 11.2. The minimum atomic E-state index is 0.755. The van der Waals surface area contributed by atoms with Crippen LogP contribution >= 0.6 is 0 Å². The first-order chi connectivity index (χ1) is 10.3. The van der Waals surface area contributed by atoms with E-state index in [1.54, 1.807) is 7.11 Å². The number of rotatable bonds is 12. The summed E-state index contributed by atoms with van der Waals surface area (Å²) in [7, 11) is 1.68. The van der Waals surface area contributed by atoms with E-state index in [-0.39, 0.29) is 0 Å². The van der Waals surface area contributed by atoms with Gasteiger partial charge in [0, 0.05) is 18.2 Å². The Morgan fingerprint density at radius 2 is 2.10 bits per heavy atom. The quantitative estimate of drug-likeness (QED) is 0.459. The minimum Gasteiger partial charge on any atom is -0.497 e. The van der Waals surface area contributed by atoms with Crippen LogP contribution in [0.1, 0.15) is 44.6 Å². The molecule has 1 rings (SSSR count). The van der Waals surface area contributed by atoms with E-state index in [2.05, 4.69) is 24.9 Å². The molecule has 0 aromatic heterocycles. The van der Waals surface area contributed by atoms with Crippen molar-refractivity contribution in [2.45, 2.75) is 45.6 Å². The molecule has 0 aliphatic rings. The van der Waals surface area contributed by atoms with E-state index in [0.717, 1.165) is 50.5 Å². The molecule has 3 heteroatoms. The molecular formula is C18H29NO2. The molecule has 0 atom stereocenters. The van der Waals surface area contributed by atoms with Crippen molar-refractivity contribution in [1.82, 2.24) is 5.32 Å². The van der Waals surface area contributed by atoms with Gasteiger partial charge in [-0.25, -0.2) is 0 Å². The molecule has 0 heterocycles. The number of hydrogen-bond acceptors (Lipinski definition) is 3. The number of unbranched alkanes of at least 4 members (excludes halogenated alkanes) is 3. The lowest BCUT2D eigenvalue weighted by atomic mass is 10.1. The molecule has 0 saturated carbocycles. The van der Waals surface area contributed by atoms with Crippen molar-refractivity contribution in [3.8, 4) is 11.5 Å². The average molecular weight is 291 g/mol. The molecule has 118 valence electrons. The largest absolute Gasteiger partial charge is 0.497 e. The molecule has 3 nitrogen and oxygen atoms in total. The van der Waals surface area contributed by atoms with Crippen LogP contribution in [0.4, 0.5) is 0 Å². The van der Waals surface area contributed by atoms with Crippen molar-refractivity contribution in [3.05, 3.63) is 36.4 Å². The zero-order chi connectivity index (χ0) is 15.3. The van der Waals surface area contributed by atoms with Gasteiger partial charge >= 0.3 is 0 Å². The van der Waals surface area contributed by atoms with Gasteiger partial charge in [-0.15, -0.1) is 6.58 Å². The Morgan fingerprint density at radius 3 is 2.81 bits per heavy atom. The summed E-state index contributed by atoms with van der Waals surface area (Å²) >= 11 is 0. The molecule has 1 N–H and O–H groups in total. The van der Waals surface area contributed by atoms with Gasteiger partial charge in [0.15, 0.2) is 0 Å². The van der Waals surface area contributed by atoms with Gasteiger partial charge in [0.05, 0.1) is 13.7 Å². The van der Waals surface area contributed by atoms with Gasteiger partial charge in [-0.2, -0.15) is 0 Å². The molecule has 21 heavy (non-hydrogen) atoms. The first kappa shape index (κ1) is 17.6. The fourth-order valence-corrected chi connectivity index (χ4v) is 2.09. The second-order valence-corrected chi connectivity index (χ2v) is 5.14. The highest BCUT2D eigenvalue weighted by molar-refractivity contribution is 5.40. The molecule has 0 spiro atoms. The van der Waals surface area contributed by atoms with E-state index >= 15 is 0 Å². The van der Waals surface area contributed by atoms with Crippen molar-refractivity contribution < 1.29 is 9.47 Å². The summed E-state index contributed by atoms with van der Waals surface area (Å²) in [5.41, 5.74) is 1.19. The zero-order valence-electron chi connectivity index (χ0n) is 13.5. The number of hydrogen-bond donors (Lipinski definition) is 1. The van der Waals surface area contributed by atoms with Crippen molar-refractivity contribution in [2.24, 2.45) is 0 Å². The van der Waals surface area contributed by atoms with E-state index in [9.17, 15) is 0 Å². The van der Waals surface area contributed by atoms with E-state index in [1.807, 2.05) is 18.2 Å². The minimum absolute atomic E-state index is 0.755. The lowest BCUT2D eigenvalue weighted by Gasteiger charge is -2.13. The third-order valence-electron chi connectivity index (χ3n) is 3.33. The van der Waals surface area contributed by atoms with Crippen molar-refractivity contribution in [1.29, 1.82) is 0 Å². The van der Waals surface area contributed by atoms with Crippen LogP contribution < -0.4 is 14.8 Å². The van der Waals surface area contributed by atoms with Crippen LogP contribution in [0.2, 0.25) is 0 Å². The fourth-order valence-electron chi connectivity index (χ4n) is 2.09. The highest BCUT2D eigenvalue weighted by Gasteiger charge is 2.05. The predicted octanol–water partition coefficient (Wildman–Crippen LogP) is 4.32. The summed E-state index contributed by atoms with van der Waals surface area (Å²) in [5.74, 6) is 1.78. The molecule has 1 aromatic rings. The Bertz CT molecular complexity index is 404. The molecule has 0 bridgehead atoms. The van der Waals surface area contributed by atoms with E-state index in [4.69, 9.17) is 9.47 Å². The summed E-state index contributed by atoms with van der Waals surface area (Å²) in [4.78, 5) is 0. The maximum absolute atomic E-state index is 5.94. The summed E-state index contributed by atoms with van der Waals surface area (Å²) in [6.45, 7) is 8.52. The fraction of sp³-hybridized carbons (Fsp3) is 0.556. The Balaban J connectivity index is 2.49. The molecular weight excluding hydrogens is 262 g/mol. The average Bonchev–Trinajstić information content (AvgIpc) is 2.52. The van der Waals surface area contributed by atoms with Crippen molar-refractivity contribution in [3.63, 3.8) is 0 Å². The number of ether oxygens (including phenoxy) is 2. The summed E-state index contributed by atoms with van der Waals surface area (Å²) in [6, 6.07) is 6.04. The summed E-state index contributed by atoms with van der Waals surface area (Å²) < 4.78 is 11.2. The Hall–Kier alpha value is -1.48. The molecule has 0 unspecified atom stereocenters. The van der Waals surface area contributed by atoms with Gasteiger partial charge in [0.25, 0.3) is 0 Å². The molecule has 0 aliphatic heterocycles. The third kappa shape index (κ3) is 7.19. The van der Waals surface area contributed by atoms with Crippen LogP contribution in [0.15, 0.2) is 30.9 Å². The number of methoxy groups -OCH3 is 1. The standard InChI is InChI=1S/C18H29NO2/c1-4-6-7-8-9-13-21-18-14-17(20-3)11-10-16(18)15-19-12-5-2/h4,10-11,14,19H,1,5-9,12-13,15H2,2-3H3. The van der Waals surface area contributed by atoms with Gasteiger partial charge in [-0.1, -0.05) is 19.1 Å². The monoisotopic (exact) mass is 291 g/mol. The summed E-state index contributed by atoms with van der Waals surface area (Å²) in [5, 5.41) is 3.42. The topological polar surface area (TPSA) is 30.5 Å². The highest BCUT2D eigenvalue weighted by Crippen LogP contribution is 2.25. The van der Waals surface area contributed by atoms with Crippen LogP contribution in [-0.4, -0.2) is 20.3 Å². The maximum atomic E-state index is 5.94. The molecule has 0 fully saturated rings. The maximum Gasteiger partial charge on any atom is 0.127 e. The Labute approximate surface area is 129 Å². The zero-order valence-corrected chi connectivity index (χ0v) is 13.5. The van der Waals surface area contributed by atoms with Crippen LogP contribution in [0, 0.1) is 0 Å². The van der Waals surface area contributed by atoms with E-state index < -0.39 is 0 Å². The highest BCUT2D eigenvalue weighted by atomic mass is 16.5. The normalized spacial score (nSPS) is 10.4. The molecule has 0 aliphatic carbocycles. The number of nitrogens with one attached hydrogen (secondary N) is 1. The van der Waals surface area contributed by atoms with Gasteiger partial charge in [-0.3, -0.25) is 0 Å². The first-order valence-corrected chi connectivity index (χ1v) is 7.93. The SMILES string of the molecule is C=CCCCCCOc1cc(OC)ccc1CNCCC. The Morgan fingerprint density at radius 1 is 1.24 bits per heavy atom. The summed E-state index contributed by atoms with van der Waals surface area (Å²) in [6.07, 6.45) is 7.64. The smallest absolute Gasteiger partial charge is 0.127 e. The molecule has 0 radical (unpaired) electrons. The molecule has 0 saturated heterocycles. The molecule has 0 amide bonds. The number of benzene rings is 1. The molecule has 1 aromatic carbocycles. The lowest BCUT2D eigenvalue weighted by molar-refractivity contribution is 0.299. The Kier molecular flexibility index (Phi) is 9.38. The van der Waals surface area contributed by atoms with Gasteiger partial charge in [-0.05, 0) is 44.7 Å². The second-order valence-electron chi connectivity index (χ2n) is 5.14. The van der Waals surface area contributed by atoms with Gasteiger partial charge < -0.3 is 14.8 Å². The lowest BCUT2D eigenvalue weighted by Crippen LogP contribution is -2.15. The van der Waals surface area contributed by atoms with Crippen LogP contribution in [0.3, 0.4) is 0 Å². The first-order valence-electron chi connectivity index (χ1n) is 7.93.